The Morgan fingerprint density at radius 2 is 2.11 bits per heavy atom. The lowest BCUT2D eigenvalue weighted by molar-refractivity contribution is -0.122. The minimum Gasteiger partial charge on any atom is -0.352 e. The molecule has 5 heteroatoms. The second kappa shape index (κ2) is 6.74. The summed E-state index contributed by atoms with van der Waals surface area (Å²) in [7, 11) is 0. The van der Waals surface area contributed by atoms with Crippen molar-refractivity contribution in [1.82, 2.24) is 15.2 Å². The first-order chi connectivity index (χ1) is 8.54. The van der Waals surface area contributed by atoms with Crippen LogP contribution in [0.3, 0.4) is 0 Å². The zero-order chi connectivity index (χ0) is 13.5. The lowest BCUT2D eigenvalue weighted by atomic mass is 10.3. The first-order valence-corrected chi connectivity index (χ1v) is 6.04. The number of hydrogen-bond donors (Lipinski definition) is 1. The SMILES string of the molecule is CCN(CC(=O)NC(C)C)C(=O)c1ccccn1. The zero-order valence-corrected chi connectivity index (χ0v) is 11.0. The maximum absolute atomic E-state index is 12.1. The van der Waals surface area contributed by atoms with Crippen LogP contribution in [0.4, 0.5) is 0 Å². The van der Waals surface area contributed by atoms with E-state index in [0.717, 1.165) is 0 Å². The fourth-order valence-electron chi connectivity index (χ4n) is 1.52. The molecule has 0 bridgehead atoms. The number of carbonyl (C=O) groups excluding carboxylic acids is 2. The molecule has 2 amide bonds. The summed E-state index contributed by atoms with van der Waals surface area (Å²) >= 11 is 0. The molecular weight excluding hydrogens is 230 g/mol. The molecule has 98 valence electrons. The number of nitrogens with one attached hydrogen (secondary N) is 1. The van der Waals surface area contributed by atoms with Crippen LogP contribution in [0.2, 0.25) is 0 Å². The Bertz CT molecular complexity index is 404. The second-order valence-corrected chi connectivity index (χ2v) is 4.26. The fourth-order valence-corrected chi connectivity index (χ4v) is 1.52. The maximum atomic E-state index is 12.1. The highest BCUT2D eigenvalue weighted by Crippen LogP contribution is 2.01. The van der Waals surface area contributed by atoms with E-state index in [1.807, 2.05) is 20.8 Å². The molecule has 1 N–H and O–H groups in total. The van der Waals surface area contributed by atoms with Gasteiger partial charge in [-0.05, 0) is 32.9 Å². The third kappa shape index (κ3) is 4.16. The van der Waals surface area contributed by atoms with Crippen molar-refractivity contribution in [3.8, 4) is 0 Å². The van der Waals surface area contributed by atoms with Gasteiger partial charge in [0.15, 0.2) is 0 Å². The summed E-state index contributed by atoms with van der Waals surface area (Å²) in [6.07, 6.45) is 1.56. The molecule has 0 unspecified atom stereocenters. The lowest BCUT2D eigenvalue weighted by Gasteiger charge is -2.20. The first-order valence-electron chi connectivity index (χ1n) is 6.04. The lowest BCUT2D eigenvalue weighted by Crippen LogP contribution is -2.42. The third-order valence-corrected chi connectivity index (χ3v) is 2.34. The van der Waals surface area contributed by atoms with Gasteiger partial charge in [0, 0.05) is 18.8 Å². The Balaban J connectivity index is 2.67. The van der Waals surface area contributed by atoms with Crippen LogP contribution in [-0.2, 0) is 4.79 Å². The Hall–Kier alpha value is -1.91. The van der Waals surface area contributed by atoms with Crippen LogP contribution in [0.15, 0.2) is 24.4 Å². The average Bonchev–Trinajstić information content (AvgIpc) is 2.35. The van der Waals surface area contributed by atoms with Crippen molar-refractivity contribution >= 4 is 11.8 Å². The van der Waals surface area contributed by atoms with Gasteiger partial charge in [0.1, 0.15) is 5.69 Å². The summed E-state index contributed by atoms with van der Waals surface area (Å²) in [6.45, 7) is 6.14. The molecule has 0 radical (unpaired) electrons. The van der Waals surface area contributed by atoms with Gasteiger partial charge in [-0.1, -0.05) is 6.07 Å². The molecule has 0 saturated heterocycles. The maximum Gasteiger partial charge on any atom is 0.272 e. The third-order valence-electron chi connectivity index (χ3n) is 2.34. The minimum atomic E-state index is -0.225. The van der Waals surface area contributed by atoms with Crippen molar-refractivity contribution in [2.45, 2.75) is 26.8 Å². The Morgan fingerprint density at radius 1 is 1.39 bits per heavy atom. The monoisotopic (exact) mass is 249 g/mol. The molecule has 5 nitrogen and oxygen atoms in total. The molecule has 1 rings (SSSR count). The number of amides is 2. The standard InChI is InChI=1S/C13H19N3O2/c1-4-16(9-12(17)15-10(2)3)13(18)11-7-5-6-8-14-11/h5-8,10H,4,9H2,1-3H3,(H,15,17). The average molecular weight is 249 g/mol. The van der Waals surface area contributed by atoms with Crippen molar-refractivity contribution in [2.24, 2.45) is 0 Å². The summed E-state index contributed by atoms with van der Waals surface area (Å²) in [6, 6.07) is 5.22. The number of rotatable bonds is 5. The molecule has 0 atom stereocenters. The summed E-state index contributed by atoms with van der Waals surface area (Å²) in [5.41, 5.74) is 0.358. The highest BCUT2D eigenvalue weighted by molar-refractivity contribution is 5.94. The van der Waals surface area contributed by atoms with Crippen LogP contribution in [0.25, 0.3) is 0 Å². The molecule has 0 aromatic carbocycles. The van der Waals surface area contributed by atoms with E-state index in [1.165, 1.54) is 4.90 Å². The Kier molecular flexibility index (Phi) is 5.30. The molecule has 0 aliphatic heterocycles. The van der Waals surface area contributed by atoms with E-state index in [-0.39, 0.29) is 24.4 Å². The Labute approximate surface area is 107 Å². The second-order valence-electron chi connectivity index (χ2n) is 4.26. The molecule has 0 spiro atoms. The molecule has 1 aromatic heterocycles. The predicted molar refractivity (Wildman–Crippen MR) is 69.1 cm³/mol. The van der Waals surface area contributed by atoms with Crippen LogP contribution >= 0.6 is 0 Å². The number of pyridine rings is 1. The van der Waals surface area contributed by atoms with E-state index in [9.17, 15) is 9.59 Å². The van der Waals surface area contributed by atoms with E-state index >= 15 is 0 Å². The number of nitrogens with zero attached hydrogens (tertiary/aromatic N) is 2. The van der Waals surface area contributed by atoms with Crippen LogP contribution < -0.4 is 5.32 Å². The summed E-state index contributed by atoms with van der Waals surface area (Å²) in [5.74, 6) is -0.381. The quantitative estimate of drug-likeness (QED) is 0.849. The van der Waals surface area contributed by atoms with Gasteiger partial charge in [-0.2, -0.15) is 0 Å². The number of hydrogen-bond acceptors (Lipinski definition) is 3. The summed E-state index contributed by atoms with van der Waals surface area (Å²) in [4.78, 5) is 29.2. The van der Waals surface area contributed by atoms with Gasteiger partial charge in [-0.3, -0.25) is 14.6 Å². The predicted octanol–water partition coefficient (Wildman–Crippen LogP) is 1.07. The minimum absolute atomic E-state index is 0.0596. The number of aromatic nitrogens is 1. The summed E-state index contributed by atoms with van der Waals surface area (Å²) < 4.78 is 0. The molecule has 1 heterocycles. The van der Waals surface area contributed by atoms with Gasteiger partial charge < -0.3 is 10.2 Å². The van der Waals surface area contributed by atoms with Gasteiger partial charge in [0.05, 0.1) is 6.54 Å². The Morgan fingerprint density at radius 3 is 2.61 bits per heavy atom. The van der Waals surface area contributed by atoms with E-state index in [1.54, 1.807) is 24.4 Å². The summed E-state index contributed by atoms with van der Waals surface area (Å²) in [5, 5.41) is 2.76. The van der Waals surface area contributed by atoms with Gasteiger partial charge in [-0.15, -0.1) is 0 Å². The molecule has 0 aliphatic rings. The first kappa shape index (κ1) is 14.2. The molecular formula is C13H19N3O2. The van der Waals surface area contributed by atoms with Crippen molar-refractivity contribution in [3.63, 3.8) is 0 Å². The number of likely N-dealkylation sites (N-methyl/N-ethyl adjacent to an activating group) is 1. The molecule has 18 heavy (non-hydrogen) atoms. The van der Waals surface area contributed by atoms with Gasteiger partial charge in [-0.25, -0.2) is 0 Å². The highest BCUT2D eigenvalue weighted by atomic mass is 16.2. The smallest absolute Gasteiger partial charge is 0.272 e. The van der Waals surface area contributed by atoms with E-state index in [2.05, 4.69) is 10.3 Å². The fraction of sp³-hybridized carbons (Fsp3) is 0.462. The van der Waals surface area contributed by atoms with Crippen LogP contribution in [-0.4, -0.2) is 40.8 Å². The molecule has 0 fully saturated rings. The van der Waals surface area contributed by atoms with Crippen molar-refractivity contribution in [2.75, 3.05) is 13.1 Å². The van der Waals surface area contributed by atoms with E-state index in [4.69, 9.17) is 0 Å². The topological polar surface area (TPSA) is 62.3 Å². The zero-order valence-electron chi connectivity index (χ0n) is 11.0. The van der Waals surface area contributed by atoms with Crippen molar-refractivity contribution in [1.29, 1.82) is 0 Å². The van der Waals surface area contributed by atoms with Crippen molar-refractivity contribution < 1.29 is 9.59 Å². The highest BCUT2D eigenvalue weighted by Gasteiger charge is 2.18. The van der Waals surface area contributed by atoms with Crippen LogP contribution in [0.1, 0.15) is 31.3 Å². The molecule has 0 aliphatic carbocycles. The number of carbonyl (C=O) groups is 2. The van der Waals surface area contributed by atoms with Crippen LogP contribution in [0.5, 0.6) is 0 Å². The van der Waals surface area contributed by atoms with E-state index in [0.29, 0.717) is 12.2 Å². The van der Waals surface area contributed by atoms with Gasteiger partial charge in [0.25, 0.3) is 5.91 Å². The largest absolute Gasteiger partial charge is 0.352 e. The van der Waals surface area contributed by atoms with Crippen LogP contribution in [0, 0.1) is 0 Å². The van der Waals surface area contributed by atoms with Crippen molar-refractivity contribution in [3.05, 3.63) is 30.1 Å². The van der Waals surface area contributed by atoms with Gasteiger partial charge in [0.2, 0.25) is 5.91 Å². The normalized spacial score (nSPS) is 10.2. The van der Waals surface area contributed by atoms with E-state index < -0.39 is 0 Å². The van der Waals surface area contributed by atoms with Gasteiger partial charge >= 0.3 is 0 Å². The molecule has 0 saturated carbocycles. The molecule has 1 aromatic rings.